The topological polar surface area (TPSA) is 95.9 Å². The van der Waals surface area contributed by atoms with Crippen LogP contribution in [0.15, 0.2) is 36.5 Å². The highest BCUT2D eigenvalue weighted by molar-refractivity contribution is 5.76. The first-order chi connectivity index (χ1) is 27.5. The van der Waals surface area contributed by atoms with Gasteiger partial charge >= 0.3 is 5.97 Å². The van der Waals surface area contributed by atoms with Gasteiger partial charge in [-0.05, 0) is 89.9 Å². The van der Waals surface area contributed by atoms with Crippen molar-refractivity contribution in [2.24, 2.45) is 0 Å². The summed E-state index contributed by atoms with van der Waals surface area (Å²) in [7, 11) is 0. The Morgan fingerprint density at radius 3 is 1.27 bits per heavy atom. The van der Waals surface area contributed by atoms with Gasteiger partial charge in [0.1, 0.15) is 0 Å². The average molecular weight is 788 g/mol. The van der Waals surface area contributed by atoms with E-state index < -0.39 is 12.1 Å². The molecule has 0 saturated heterocycles. The van der Waals surface area contributed by atoms with Crippen molar-refractivity contribution >= 4 is 11.9 Å². The maximum absolute atomic E-state index is 12.4. The third kappa shape index (κ3) is 41.7. The van der Waals surface area contributed by atoms with Gasteiger partial charge in [0.25, 0.3) is 0 Å². The van der Waals surface area contributed by atoms with E-state index >= 15 is 0 Å². The summed E-state index contributed by atoms with van der Waals surface area (Å²) >= 11 is 0. The first kappa shape index (κ1) is 54.1. The van der Waals surface area contributed by atoms with E-state index in [1.807, 2.05) is 6.08 Å². The van der Waals surface area contributed by atoms with Crippen LogP contribution < -0.4 is 5.32 Å². The van der Waals surface area contributed by atoms with E-state index in [2.05, 4.69) is 43.5 Å². The van der Waals surface area contributed by atoms with Crippen molar-refractivity contribution < 1.29 is 24.5 Å². The molecule has 0 spiro atoms. The summed E-state index contributed by atoms with van der Waals surface area (Å²) < 4.78 is 5.43. The van der Waals surface area contributed by atoms with Gasteiger partial charge in [0, 0.05) is 12.8 Å². The standard InChI is InChI=1S/C50H93NO5/c1-3-5-7-9-11-13-15-17-18-19-24-28-32-36-40-44-50(55)56-45-41-37-33-29-25-21-20-23-27-31-35-39-43-49(54)51-47(46-52)48(53)42-38-34-30-26-22-16-14-12-10-8-6-4-2/h17-18,21,25,38,42,47-48,52-53H,3-16,19-20,22-24,26-37,39-41,43-46H2,1-2H3,(H,51,54)/b18-17-,25-21-,42-38+. The van der Waals surface area contributed by atoms with Crippen LogP contribution in [0, 0.1) is 0 Å². The highest BCUT2D eigenvalue weighted by Gasteiger charge is 2.18. The minimum atomic E-state index is -0.859. The van der Waals surface area contributed by atoms with Crippen LogP contribution in [0.3, 0.4) is 0 Å². The Bertz CT molecular complexity index is 915. The molecule has 0 radical (unpaired) electrons. The summed E-state index contributed by atoms with van der Waals surface area (Å²) in [6.07, 6.45) is 54.2. The molecule has 1 amide bonds. The second-order valence-corrected chi connectivity index (χ2v) is 16.4. The zero-order chi connectivity index (χ0) is 40.8. The number of amides is 1. The lowest BCUT2D eigenvalue weighted by molar-refractivity contribution is -0.143. The number of aliphatic hydroxyl groups excluding tert-OH is 2. The minimum Gasteiger partial charge on any atom is -0.466 e. The van der Waals surface area contributed by atoms with Crippen molar-refractivity contribution in [3.63, 3.8) is 0 Å². The Labute approximate surface area is 347 Å². The maximum atomic E-state index is 12.4. The Kier molecular flexibility index (Phi) is 44.2. The second-order valence-electron chi connectivity index (χ2n) is 16.4. The van der Waals surface area contributed by atoms with Crippen molar-refractivity contribution in [3.8, 4) is 0 Å². The van der Waals surface area contributed by atoms with Crippen LogP contribution in [0.2, 0.25) is 0 Å². The predicted molar refractivity (Wildman–Crippen MR) is 241 cm³/mol. The SMILES string of the molecule is CCCCCCCC/C=C\CCCCCCCC(=O)OCCCCC/C=C\CCCCCCCC(=O)NC(CO)C(O)/C=C/CCCCCCCCCCCC. The molecule has 328 valence electrons. The van der Waals surface area contributed by atoms with E-state index in [0.29, 0.717) is 19.4 Å². The molecule has 0 rings (SSSR count). The minimum absolute atomic E-state index is 0.0333. The summed E-state index contributed by atoms with van der Waals surface area (Å²) in [5, 5.41) is 22.9. The monoisotopic (exact) mass is 788 g/mol. The molecular weight excluding hydrogens is 695 g/mol. The van der Waals surface area contributed by atoms with Crippen molar-refractivity contribution in [1.29, 1.82) is 0 Å². The van der Waals surface area contributed by atoms with Gasteiger partial charge in [-0.3, -0.25) is 9.59 Å². The number of ether oxygens (including phenoxy) is 1. The van der Waals surface area contributed by atoms with Crippen LogP contribution in [0.4, 0.5) is 0 Å². The van der Waals surface area contributed by atoms with Crippen LogP contribution in [0.25, 0.3) is 0 Å². The summed E-state index contributed by atoms with van der Waals surface area (Å²) in [6, 6.07) is -0.646. The van der Waals surface area contributed by atoms with E-state index in [-0.39, 0.29) is 18.5 Å². The van der Waals surface area contributed by atoms with Crippen LogP contribution in [0.5, 0.6) is 0 Å². The number of rotatable bonds is 44. The molecule has 6 nitrogen and oxygen atoms in total. The average Bonchev–Trinajstić information content (AvgIpc) is 3.20. The zero-order valence-corrected chi connectivity index (χ0v) is 37.1. The van der Waals surface area contributed by atoms with Gasteiger partial charge in [0.05, 0.1) is 25.4 Å². The molecule has 0 saturated carbocycles. The lowest BCUT2D eigenvalue weighted by atomic mass is 10.1. The van der Waals surface area contributed by atoms with E-state index in [1.165, 1.54) is 135 Å². The van der Waals surface area contributed by atoms with Gasteiger partial charge in [-0.1, -0.05) is 179 Å². The Morgan fingerprint density at radius 1 is 0.482 bits per heavy atom. The van der Waals surface area contributed by atoms with E-state index in [9.17, 15) is 19.8 Å². The van der Waals surface area contributed by atoms with Crippen molar-refractivity contribution in [3.05, 3.63) is 36.5 Å². The molecular formula is C50H93NO5. The largest absolute Gasteiger partial charge is 0.466 e. The molecule has 0 aliphatic heterocycles. The third-order valence-electron chi connectivity index (χ3n) is 10.9. The molecule has 0 fully saturated rings. The summed E-state index contributed by atoms with van der Waals surface area (Å²) in [4.78, 5) is 24.4. The number of hydrogen-bond donors (Lipinski definition) is 3. The van der Waals surface area contributed by atoms with Gasteiger partial charge in [-0.25, -0.2) is 0 Å². The lowest BCUT2D eigenvalue weighted by Crippen LogP contribution is -2.45. The molecule has 0 aromatic rings. The Morgan fingerprint density at radius 2 is 0.839 bits per heavy atom. The number of allylic oxidation sites excluding steroid dienone is 5. The maximum Gasteiger partial charge on any atom is 0.305 e. The quantitative estimate of drug-likeness (QED) is 0.0325. The number of unbranched alkanes of at least 4 members (excludes halogenated alkanes) is 29. The Balaban J connectivity index is 3.55. The fourth-order valence-electron chi connectivity index (χ4n) is 7.09. The molecule has 56 heavy (non-hydrogen) atoms. The van der Waals surface area contributed by atoms with Gasteiger partial charge in [-0.2, -0.15) is 0 Å². The van der Waals surface area contributed by atoms with Gasteiger partial charge < -0.3 is 20.3 Å². The smallest absolute Gasteiger partial charge is 0.305 e. The number of nitrogens with one attached hydrogen (secondary N) is 1. The molecule has 6 heteroatoms. The number of esters is 1. The molecule has 0 aromatic heterocycles. The molecule has 3 N–H and O–H groups in total. The second kappa shape index (κ2) is 45.8. The lowest BCUT2D eigenvalue weighted by Gasteiger charge is -2.20. The van der Waals surface area contributed by atoms with Gasteiger partial charge in [-0.15, -0.1) is 0 Å². The molecule has 2 unspecified atom stereocenters. The molecule has 0 bridgehead atoms. The molecule has 0 aliphatic rings. The van der Waals surface area contributed by atoms with Crippen LogP contribution in [0.1, 0.15) is 245 Å². The number of carbonyl (C=O) groups excluding carboxylic acids is 2. The van der Waals surface area contributed by atoms with E-state index in [0.717, 1.165) is 83.5 Å². The van der Waals surface area contributed by atoms with Crippen molar-refractivity contribution in [2.45, 2.75) is 257 Å². The van der Waals surface area contributed by atoms with Gasteiger partial charge in [0.2, 0.25) is 5.91 Å². The first-order valence-corrected chi connectivity index (χ1v) is 24.3. The van der Waals surface area contributed by atoms with Crippen LogP contribution in [-0.2, 0) is 14.3 Å². The number of hydrogen-bond acceptors (Lipinski definition) is 5. The van der Waals surface area contributed by atoms with Gasteiger partial charge in [0.15, 0.2) is 0 Å². The molecule has 0 heterocycles. The third-order valence-corrected chi connectivity index (χ3v) is 10.9. The highest BCUT2D eigenvalue weighted by Crippen LogP contribution is 2.14. The van der Waals surface area contributed by atoms with Crippen molar-refractivity contribution in [2.75, 3.05) is 13.2 Å². The fraction of sp³-hybridized carbons (Fsp3) is 0.840. The fourth-order valence-corrected chi connectivity index (χ4v) is 7.09. The summed E-state index contributed by atoms with van der Waals surface area (Å²) in [6.45, 7) is 4.81. The van der Waals surface area contributed by atoms with Crippen LogP contribution >= 0.6 is 0 Å². The molecule has 0 aromatic carbocycles. The first-order valence-electron chi connectivity index (χ1n) is 24.3. The van der Waals surface area contributed by atoms with E-state index in [1.54, 1.807) is 6.08 Å². The number of carbonyl (C=O) groups is 2. The summed E-state index contributed by atoms with van der Waals surface area (Å²) in [5.41, 5.74) is 0. The normalized spacial score (nSPS) is 13.0. The molecule has 2 atom stereocenters. The Hall–Kier alpha value is -1.92. The van der Waals surface area contributed by atoms with Crippen molar-refractivity contribution in [1.82, 2.24) is 5.32 Å². The van der Waals surface area contributed by atoms with E-state index in [4.69, 9.17) is 4.74 Å². The number of aliphatic hydroxyl groups is 2. The summed E-state index contributed by atoms with van der Waals surface area (Å²) in [5.74, 6) is -0.130. The van der Waals surface area contributed by atoms with Crippen LogP contribution in [-0.4, -0.2) is 47.4 Å². The molecule has 0 aliphatic carbocycles. The predicted octanol–water partition coefficient (Wildman–Crippen LogP) is 14.1. The zero-order valence-electron chi connectivity index (χ0n) is 37.1. The highest BCUT2D eigenvalue weighted by atomic mass is 16.5.